The summed E-state index contributed by atoms with van der Waals surface area (Å²) in [6.07, 6.45) is 3.52. The zero-order valence-electron chi connectivity index (χ0n) is 6.69. The average molecular weight is 137 g/mol. The summed E-state index contributed by atoms with van der Waals surface area (Å²) in [5.41, 5.74) is 2.47. The molecule has 0 amide bonds. The van der Waals surface area contributed by atoms with Gasteiger partial charge in [0.05, 0.1) is 0 Å². The van der Waals surface area contributed by atoms with E-state index < -0.39 is 0 Å². The van der Waals surface area contributed by atoms with Crippen molar-refractivity contribution >= 4 is 0 Å². The third-order valence-electron chi connectivity index (χ3n) is 2.01. The van der Waals surface area contributed by atoms with Crippen LogP contribution in [0.1, 0.15) is 26.2 Å². The van der Waals surface area contributed by atoms with Crippen LogP contribution in [0, 0.1) is 0 Å². The Kier molecular flexibility index (Phi) is 2.15. The van der Waals surface area contributed by atoms with Crippen molar-refractivity contribution in [3.63, 3.8) is 0 Å². The molecule has 0 N–H and O–H groups in total. The van der Waals surface area contributed by atoms with Crippen LogP contribution in [-0.2, 0) is 0 Å². The van der Waals surface area contributed by atoms with Crippen LogP contribution in [0.4, 0.5) is 0 Å². The molecule has 1 nitrogen and oxygen atoms in total. The maximum atomic E-state index is 3.98. The predicted octanol–water partition coefficient (Wildman–Crippen LogP) is 2.52. The highest BCUT2D eigenvalue weighted by molar-refractivity contribution is 5.11. The molecule has 1 fully saturated rings. The summed E-state index contributed by atoms with van der Waals surface area (Å²) in [5.74, 6) is 0. The Hall–Kier alpha value is -0.720. The van der Waals surface area contributed by atoms with Gasteiger partial charge < -0.3 is 4.90 Å². The summed E-state index contributed by atoms with van der Waals surface area (Å²) in [5, 5.41) is 0. The van der Waals surface area contributed by atoms with Crippen molar-refractivity contribution in [3.05, 3.63) is 24.6 Å². The molecule has 1 heterocycles. The van der Waals surface area contributed by atoms with E-state index in [4.69, 9.17) is 0 Å². The molecular formula is C9H15N. The third-order valence-corrected chi connectivity index (χ3v) is 2.01. The summed E-state index contributed by atoms with van der Waals surface area (Å²) in [6, 6.07) is 0. The Balaban J connectivity index is 2.62. The maximum absolute atomic E-state index is 3.98. The molecule has 0 aromatic carbocycles. The average Bonchev–Trinajstić information content (AvgIpc) is 1.88. The molecular weight excluding hydrogens is 122 g/mol. The zero-order valence-corrected chi connectivity index (χ0v) is 6.69. The van der Waals surface area contributed by atoms with E-state index in [-0.39, 0.29) is 0 Å². The molecule has 0 aromatic heterocycles. The molecule has 0 spiro atoms. The highest BCUT2D eigenvalue weighted by Gasteiger charge is 2.13. The molecule has 0 aliphatic carbocycles. The number of piperidine rings is 1. The monoisotopic (exact) mass is 137 g/mol. The first-order valence-corrected chi connectivity index (χ1v) is 3.88. The van der Waals surface area contributed by atoms with Gasteiger partial charge >= 0.3 is 0 Å². The van der Waals surface area contributed by atoms with E-state index in [0.29, 0.717) is 0 Å². The summed E-state index contributed by atoms with van der Waals surface area (Å²) < 4.78 is 0. The van der Waals surface area contributed by atoms with Crippen molar-refractivity contribution in [2.75, 3.05) is 6.54 Å². The van der Waals surface area contributed by atoms with Crippen molar-refractivity contribution in [2.24, 2.45) is 0 Å². The Bertz CT molecular complexity index is 142. The Morgan fingerprint density at radius 3 is 2.10 bits per heavy atom. The molecule has 10 heavy (non-hydrogen) atoms. The van der Waals surface area contributed by atoms with Gasteiger partial charge in [0.25, 0.3) is 0 Å². The third kappa shape index (κ3) is 1.23. The lowest BCUT2D eigenvalue weighted by molar-refractivity contribution is 0.378. The Morgan fingerprint density at radius 1 is 1.30 bits per heavy atom. The molecule has 0 saturated carbocycles. The summed E-state index contributed by atoms with van der Waals surface area (Å²) >= 11 is 0. The zero-order chi connectivity index (χ0) is 7.56. The second kappa shape index (κ2) is 2.91. The number of nitrogens with zero attached hydrogens (tertiary/aromatic N) is 1. The predicted molar refractivity (Wildman–Crippen MR) is 44.5 cm³/mol. The van der Waals surface area contributed by atoms with Crippen LogP contribution < -0.4 is 0 Å². The van der Waals surface area contributed by atoms with Crippen molar-refractivity contribution in [1.82, 2.24) is 4.90 Å². The first kappa shape index (κ1) is 7.39. The fourth-order valence-corrected chi connectivity index (χ4v) is 1.44. The second-order valence-electron chi connectivity index (χ2n) is 2.73. The standard InChI is InChI=1S/C9H15N/c1-4-10-8(2)6-5-7-9(10)3/h2-7H2,1H3. The molecule has 0 bridgehead atoms. The van der Waals surface area contributed by atoms with E-state index in [1.165, 1.54) is 17.8 Å². The lowest BCUT2D eigenvalue weighted by atomic mass is 10.1. The highest BCUT2D eigenvalue weighted by atomic mass is 15.1. The first-order valence-electron chi connectivity index (χ1n) is 3.88. The quantitative estimate of drug-likeness (QED) is 0.536. The maximum Gasteiger partial charge on any atom is 0.0196 e. The molecule has 1 aliphatic rings. The molecule has 1 heteroatoms. The lowest BCUT2D eigenvalue weighted by Gasteiger charge is -2.31. The second-order valence-corrected chi connectivity index (χ2v) is 2.73. The van der Waals surface area contributed by atoms with E-state index >= 15 is 0 Å². The SMILES string of the molecule is C=C1CCCC(=C)N1CC. The number of likely N-dealkylation sites (tertiary alicyclic amines) is 1. The highest BCUT2D eigenvalue weighted by Crippen LogP contribution is 2.25. The molecule has 56 valence electrons. The van der Waals surface area contributed by atoms with Crippen LogP contribution in [0.5, 0.6) is 0 Å². The van der Waals surface area contributed by atoms with Gasteiger partial charge in [0.2, 0.25) is 0 Å². The van der Waals surface area contributed by atoms with Gasteiger partial charge in [0.1, 0.15) is 0 Å². The van der Waals surface area contributed by atoms with Crippen LogP contribution in [0.25, 0.3) is 0 Å². The Morgan fingerprint density at radius 2 is 1.80 bits per heavy atom. The fraction of sp³-hybridized carbons (Fsp3) is 0.556. The van der Waals surface area contributed by atoms with Crippen LogP contribution >= 0.6 is 0 Å². The van der Waals surface area contributed by atoms with Crippen LogP contribution in [0.3, 0.4) is 0 Å². The Labute approximate surface area is 63.0 Å². The van der Waals surface area contributed by atoms with Gasteiger partial charge in [-0.3, -0.25) is 0 Å². The van der Waals surface area contributed by atoms with Gasteiger partial charge in [-0.05, 0) is 26.2 Å². The molecule has 0 aromatic rings. The van der Waals surface area contributed by atoms with Gasteiger partial charge in [0, 0.05) is 17.9 Å². The minimum absolute atomic E-state index is 1.03. The lowest BCUT2D eigenvalue weighted by Crippen LogP contribution is -2.24. The molecule has 0 unspecified atom stereocenters. The van der Waals surface area contributed by atoms with Crippen molar-refractivity contribution < 1.29 is 0 Å². The van der Waals surface area contributed by atoms with Gasteiger partial charge in [-0.25, -0.2) is 0 Å². The normalized spacial score (nSPS) is 19.9. The van der Waals surface area contributed by atoms with Crippen molar-refractivity contribution in [2.45, 2.75) is 26.2 Å². The number of rotatable bonds is 1. The van der Waals surface area contributed by atoms with E-state index in [2.05, 4.69) is 25.0 Å². The van der Waals surface area contributed by atoms with Gasteiger partial charge in [-0.15, -0.1) is 0 Å². The van der Waals surface area contributed by atoms with E-state index in [1.807, 2.05) is 0 Å². The first-order chi connectivity index (χ1) is 4.75. The molecule has 1 aliphatic heterocycles. The topological polar surface area (TPSA) is 3.24 Å². The molecule has 1 rings (SSSR count). The van der Waals surface area contributed by atoms with Crippen LogP contribution in [0.15, 0.2) is 24.6 Å². The molecule has 1 saturated heterocycles. The van der Waals surface area contributed by atoms with Crippen molar-refractivity contribution in [3.8, 4) is 0 Å². The fourth-order valence-electron chi connectivity index (χ4n) is 1.44. The minimum atomic E-state index is 1.03. The van der Waals surface area contributed by atoms with Crippen LogP contribution in [0.2, 0.25) is 0 Å². The van der Waals surface area contributed by atoms with E-state index in [1.54, 1.807) is 0 Å². The van der Waals surface area contributed by atoms with Gasteiger partial charge in [-0.1, -0.05) is 13.2 Å². The van der Waals surface area contributed by atoms with Crippen LogP contribution in [-0.4, -0.2) is 11.4 Å². The number of hydrogen-bond acceptors (Lipinski definition) is 1. The minimum Gasteiger partial charge on any atom is -0.350 e. The van der Waals surface area contributed by atoms with Crippen molar-refractivity contribution in [1.29, 1.82) is 0 Å². The van der Waals surface area contributed by atoms with Gasteiger partial charge in [0.15, 0.2) is 0 Å². The van der Waals surface area contributed by atoms with Gasteiger partial charge in [-0.2, -0.15) is 0 Å². The largest absolute Gasteiger partial charge is 0.350 e. The summed E-state index contributed by atoms with van der Waals surface area (Å²) in [4.78, 5) is 2.21. The number of allylic oxidation sites excluding steroid dienone is 2. The number of hydrogen-bond donors (Lipinski definition) is 0. The summed E-state index contributed by atoms with van der Waals surface area (Å²) in [6.45, 7) is 11.1. The van der Waals surface area contributed by atoms with E-state index in [0.717, 1.165) is 19.4 Å². The molecule has 0 radical (unpaired) electrons. The van der Waals surface area contributed by atoms with E-state index in [9.17, 15) is 0 Å². The summed E-state index contributed by atoms with van der Waals surface area (Å²) in [7, 11) is 0. The molecule has 0 atom stereocenters. The smallest absolute Gasteiger partial charge is 0.0196 e.